The molecule has 1 saturated heterocycles. The van der Waals surface area contributed by atoms with Gasteiger partial charge in [0.15, 0.2) is 17.3 Å². The Morgan fingerprint density at radius 2 is 1.63 bits per heavy atom. The van der Waals surface area contributed by atoms with Crippen molar-refractivity contribution in [3.8, 4) is 5.75 Å². The van der Waals surface area contributed by atoms with Crippen molar-refractivity contribution in [2.75, 3.05) is 12.0 Å². The molecule has 38 heavy (non-hydrogen) atoms. The van der Waals surface area contributed by atoms with Crippen LogP contribution in [0.15, 0.2) is 72.8 Å². The molecule has 6 rings (SSSR count). The van der Waals surface area contributed by atoms with Crippen molar-refractivity contribution >= 4 is 40.7 Å². The van der Waals surface area contributed by atoms with Crippen molar-refractivity contribution < 1.29 is 19.1 Å². The van der Waals surface area contributed by atoms with E-state index in [2.05, 4.69) is 0 Å². The lowest BCUT2D eigenvalue weighted by molar-refractivity contribution is -0.127. The smallest absolute Gasteiger partial charge is 0.180 e. The van der Waals surface area contributed by atoms with Gasteiger partial charge in [0.05, 0.1) is 19.2 Å². The van der Waals surface area contributed by atoms with E-state index in [0.717, 1.165) is 16.8 Å². The zero-order valence-electron chi connectivity index (χ0n) is 21.7. The Morgan fingerprint density at radius 1 is 0.947 bits per heavy atom. The number of ether oxygens (including phenoxy) is 1. The first-order valence-corrected chi connectivity index (χ1v) is 13.1. The van der Waals surface area contributed by atoms with Gasteiger partial charge in [0.25, 0.3) is 0 Å². The van der Waals surface area contributed by atoms with Crippen LogP contribution in [-0.4, -0.2) is 36.5 Å². The van der Waals surface area contributed by atoms with E-state index in [4.69, 9.17) is 16.3 Å². The number of halogens is 1. The van der Waals surface area contributed by atoms with Gasteiger partial charge in [-0.05, 0) is 41.5 Å². The standard InChI is InChI=1S/C32H28ClNO4/c1-31(2,3)30(37)27-26(19-8-7-9-21(17-19)38-4)32(28(35)22-10-5-6-11-23(22)29(32)36)25-15-12-18-16-20(33)13-14-24(18)34(25)27/h5-17,25-27H,1-4H3/t25-,26-,27+/m0/s1. The number of hydrogen-bond acceptors (Lipinski definition) is 5. The van der Waals surface area contributed by atoms with Gasteiger partial charge < -0.3 is 9.64 Å². The molecule has 0 saturated carbocycles. The third kappa shape index (κ3) is 3.21. The third-order valence-electron chi connectivity index (χ3n) is 8.23. The third-order valence-corrected chi connectivity index (χ3v) is 8.46. The van der Waals surface area contributed by atoms with E-state index in [1.165, 1.54) is 0 Å². The second-order valence-electron chi connectivity index (χ2n) is 11.3. The van der Waals surface area contributed by atoms with E-state index in [1.807, 2.05) is 74.2 Å². The summed E-state index contributed by atoms with van der Waals surface area (Å²) in [5, 5.41) is 0.573. The summed E-state index contributed by atoms with van der Waals surface area (Å²) in [6, 6.07) is 18.5. The molecule has 0 bridgehead atoms. The average molecular weight is 526 g/mol. The summed E-state index contributed by atoms with van der Waals surface area (Å²) in [6.45, 7) is 5.65. The van der Waals surface area contributed by atoms with Crippen LogP contribution in [0.3, 0.4) is 0 Å². The first kappa shape index (κ1) is 24.6. The maximum atomic E-state index is 14.6. The zero-order chi connectivity index (χ0) is 27.0. The van der Waals surface area contributed by atoms with Crippen LogP contribution in [0.5, 0.6) is 5.75 Å². The first-order valence-electron chi connectivity index (χ1n) is 12.7. The van der Waals surface area contributed by atoms with E-state index in [-0.39, 0.29) is 17.3 Å². The van der Waals surface area contributed by atoms with Crippen molar-refractivity contribution in [2.24, 2.45) is 10.8 Å². The fourth-order valence-electron chi connectivity index (χ4n) is 6.60. The number of Topliss-reactive ketones (excluding diaryl/α,β-unsaturated/α-hetero) is 3. The van der Waals surface area contributed by atoms with Crippen LogP contribution in [0.4, 0.5) is 5.69 Å². The lowest BCUT2D eigenvalue weighted by Gasteiger charge is -2.38. The molecule has 2 aliphatic heterocycles. The molecule has 1 aliphatic carbocycles. The van der Waals surface area contributed by atoms with Gasteiger partial charge in [-0.2, -0.15) is 0 Å². The summed E-state index contributed by atoms with van der Waals surface area (Å²) in [5.41, 5.74) is 0.912. The Bertz CT molecular complexity index is 1510. The summed E-state index contributed by atoms with van der Waals surface area (Å²) in [7, 11) is 1.58. The molecule has 1 spiro atoms. The Labute approximate surface area is 227 Å². The molecule has 0 unspecified atom stereocenters. The number of hydrogen-bond donors (Lipinski definition) is 0. The molecule has 192 valence electrons. The van der Waals surface area contributed by atoms with Crippen molar-refractivity contribution in [1.29, 1.82) is 0 Å². The largest absolute Gasteiger partial charge is 0.497 e. The highest BCUT2D eigenvalue weighted by atomic mass is 35.5. The van der Waals surface area contributed by atoms with E-state index in [1.54, 1.807) is 37.4 Å². The minimum Gasteiger partial charge on any atom is -0.497 e. The highest BCUT2D eigenvalue weighted by Gasteiger charge is 2.71. The van der Waals surface area contributed by atoms with Crippen LogP contribution in [-0.2, 0) is 4.79 Å². The van der Waals surface area contributed by atoms with Crippen LogP contribution < -0.4 is 9.64 Å². The van der Waals surface area contributed by atoms with Crippen LogP contribution in [0.1, 0.15) is 58.5 Å². The van der Waals surface area contributed by atoms with Crippen LogP contribution in [0, 0.1) is 10.8 Å². The lowest BCUT2D eigenvalue weighted by Crippen LogP contribution is -2.49. The molecule has 5 nitrogen and oxygen atoms in total. The molecule has 0 amide bonds. The van der Waals surface area contributed by atoms with Gasteiger partial charge >= 0.3 is 0 Å². The number of methoxy groups -OCH3 is 1. The normalized spacial score (nSPS) is 22.9. The maximum Gasteiger partial charge on any atom is 0.180 e. The number of carbonyl (C=O) groups is 3. The monoisotopic (exact) mass is 525 g/mol. The van der Waals surface area contributed by atoms with E-state index < -0.39 is 28.8 Å². The molecule has 6 heteroatoms. The van der Waals surface area contributed by atoms with Gasteiger partial charge in [-0.3, -0.25) is 14.4 Å². The number of nitrogens with zero attached hydrogens (tertiary/aromatic N) is 1. The van der Waals surface area contributed by atoms with Crippen molar-refractivity contribution in [1.82, 2.24) is 0 Å². The van der Waals surface area contributed by atoms with Gasteiger partial charge in [-0.25, -0.2) is 0 Å². The fourth-order valence-corrected chi connectivity index (χ4v) is 6.78. The molecule has 0 radical (unpaired) electrons. The van der Waals surface area contributed by atoms with Crippen molar-refractivity contribution in [2.45, 2.75) is 38.8 Å². The second-order valence-corrected chi connectivity index (χ2v) is 11.7. The topological polar surface area (TPSA) is 63.7 Å². The van der Waals surface area contributed by atoms with Crippen molar-refractivity contribution in [3.63, 3.8) is 0 Å². The summed E-state index contributed by atoms with van der Waals surface area (Å²) >= 11 is 6.34. The summed E-state index contributed by atoms with van der Waals surface area (Å²) in [5.74, 6) is -0.671. The number of ketones is 3. The maximum absolute atomic E-state index is 14.6. The minimum absolute atomic E-state index is 0.0417. The number of carbonyl (C=O) groups excluding carboxylic acids is 3. The van der Waals surface area contributed by atoms with Crippen LogP contribution >= 0.6 is 11.6 Å². The molecule has 3 aromatic carbocycles. The molecule has 1 fully saturated rings. The number of fused-ring (bicyclic) bond motifs is 5. The SMILES string of the molecule is COc1cccc([C@H]2[C@H](C(=O)C(C)(C)C)N3c4ccc(Cl)cc4C=C[C@H]3C23C(=O)c2ccccc2C3=O)c1. The van der Waals surface area contributed by atoms with Gasteiger partial charge in [0.1, 0.15) is 11.2 Å². The molecular formula is C32H28ClNO4. The van der Waals surface area contributed by atoms with Gasteiger partial charge in [-0.15, -0.1) is 0 Å². The van der Waals surface area contributed by atoms with E-state index in [9.17, 15) is 14.4 Å². The summed E-state index contributed by atoms with van der Waals surface area (Å²) in [6.07, 6.45) is 3.82. The highest BCUT2D eigenvalue weighted by Crippen LogP contribution is 2.61. The Hall–Kier alpha value is -3.70. The van der Waals surface area contributed by atoms with E-state index in [0.29, 0.717) is 21.9 Å². The van der Waals surface area contributed by atoms with Gasteiger partial charge in [0.2, 0.25) is 0 Å². The summed E-state index contributed by atoms with van der Waals surface area (Å²) in [4.78, 5) is 45.5. The Balaban J connectivity index is 1.70. The molecule has 0 aromatic heterocycles. The molecule has 3 aromatic rings. The number of rotatable bonds is 3. The van der Waals surface area contributed by atoms with Crippen LogP contribution in [0.25, 0.3) is 6.08 Å². The predicted octanol–water partition coefficient (Wildman–Crippen LogP) is 6.40. The molecule has 2 heterocycles. The predicted molar refractivity (Wildman–Crippen MR) is 148 cm³/mol. The lowest BCUT2D eigenvalue weighted by atomic mass is 9.63. The second kappa shape index (κ2) is 8.40. The van der Waals surface area contributed by atoms with Gasteiger partial charge in [-0.1, -0.05) is 80.9 Å². The zero-order valence-corrected chi connectivity index (χ0v) is 22.5. The number of benzene rings is 3. The highest BCUT2D eigenvalue weighted by molar-refractivity contribution is 6.32. The average Bonchev–Trinajstić information content (AvgIpc) is 3.33. The van der Waals surface area contributed by atoms with Gasteiger partial charge in [0, 0.05) is 33.2 Å². The number of anilines is 1. The minimum atomic E-state index is -1.52. The molecule has 3 aliphatic rings. The Morgan fingerprint density at radius 3 is 2.26 bits per heavy atom. The summed E-state index contributed by atoms with van der Waals surface area (Å²) < 4.78 is 5.54. The van der Waals surface area contributed by atoms with Crippen LogP contribution in [0.2, 0.25) is 5.02 Å². The Kier molecular flexibility index (Phi) is 5.45. The molecule has 3 atom stereocenters. The first-order chi connectivity index (χ1) is 18.1. The molecule has 0 N–H and O–H groups in total. The quantitative estimate of drug-likeness (QED) is 0.370. The van der Waals surface area contributed by atoms with E-state index >= 15 is 0 Å². The fraction of sp³-hybridized carbons (Fsp3) is 0.281. The molecular weight excluding hydrogens is 498 g/mol. The van der Waals surface area contributed by atoms with Crippen molar-refractivity contribution in [3.05, 3.63) is 100 Å².